The van der Waals surface area contributed by atoms with Crippen LogP contribution >= 0.6 is 11.6 Å². The van der Waals surface area contributed by atoms with E-state index >= 15 is 0 Å². The summed E-state index contributed by atoms with van der Waals surface area (Å²) in [6, 6.07) is 3.94. The molecule has 0 aliphatic carbocycles. The highest BCUT2D eigenvalue weighted by atomic mass is 35.5. The largest absolute Gasteiger partial charge is 0.495 e. The van der Waals surface area contributed by atoms with Crippen LogP contribution in [-0.2, 0) is 9.59 Å². The zero-order valence-electron chi connectivity index (χ0n) is 13.4. The number of anilines is 1. The van der Waals surface area contributed by atoms with Crippen molar-refractivity contribution in [2.24, 2.45) is 0 Å². The SMILES string of the molecule is CCCCCNC(CC(=O)Nc1ccc(OC)c(Cl)c1)C(=O)O. The van der Waals surface area contributed by atoms with Crippen LogP contribution < -0.4 is 15.4 Å². The first kappa shape index (κ1) is 19.3. The fourth-order valence-electron chi connectivity index (χ4n) is 2.04. The molecule has 1 amide bonds. The van der Waals surface area contributed by atoms with E-state index in [2.05, 4.69) is 17.6 Å². The van der Waals surface area contributed by atoms with E-state index in [9.17, 15) is 14.7 Å². The molecule has 0 spiro atoms. The summed E-state index contributed by atoms with van der Waals surface area (Å²) in [5, 5.41) is 15.1. The first-order valence-electron chi connectivity index (χ1n) is 7.57. The Bertz CT molecular complexity index is 537. The van der Waals surface area contributed by atoms with Gasteiger partial charge in [-0.1, -0.05) is 31.4 Å². The maximum absolute atomic E-state index is 12.0. The Morgan fingerprint density at radius 1 is 1.35 bits per heavy atom. The molecule has 0 radical (unpaired) electrons. The Balaban J connectivity index is 2.55. The van der Waals surface area contributed by atoms with Crippen molar-refractivity contribution in [2.45, 2.75) is 38.6 Å². The third kappa shape index (κ3) is 6.88. The van der Waals surface area contributed by atoms with Gasteiger partial charge >= 0.3 is 5.97 Å². The predicted octanol–water partition coefficient (Wildman–Crippen LogP) is 2.91. The lowest BCUT2D eigenvalue weighted by atomic mass is 10.1. The number of carbonyl (C=O) groups is 2. The van der Waals surface area contributed by atoms with E-state index in [1.807, 2.05) is 0 Å². The highest BCUT2D eigenvalue weighted by Gasteiger charge is 2.20. The maximum Gasteiger partial charge on any atom is 0.321 e. The molecule has 128 valence electrons. The molecule has 23 heavy (non-hydrogen) atoms. The first-order valence-corrected chi connectivity index (χ1v) is 7.95. The van der Waals surface area contributed by atoms with Crippen LogP contribution in [0.4, 0.5) is 5.69 Å². The number of nitrogens with one attached hydrogen (secondary N) is 2. The summed E-state index contributed by atoms with van der Waals surface area (Å²) in [6.07, 6.45) is 2.81. The fourth-order valence-corrected chi connectivity index (χ4v) is 2.30. The second kappa shape index (κ2) is 10.1. The quantitative estimate of drug-likeness (QED) is 0.569. The van der Waals surface area contributed by atoms with Crippen molar-refractivity contribution in [1.82, 2.24) is 5.32 Å². The van der Waals surface area contributed by atoms with Crippen molar-refractivity contribution in [2.75, 3.05) is 19.0 Å². The van der Waals surface area contributed by atoms with Gasteiger partial charge in [0, 0.05) is 5.69 Å². The van der Waals surface area contributed by atoms with Crippen LogP contribution in [-0.4, -0.2) is 36.7 Å². The van der Waals surface area contributed by atoms with Gasteiger partial charge in [-0.3, -0.25) is 9.59 Å². The number of rotatable bonds is 10. The van der Waals surface area contributed by atoms with Gasteiger partial charge in [0.1, 0.15) is 11.8 Å². The van der Waals surface area contributed by atoms with Crippen LogP contribution in [0.3, 0.4) is 0 Å². The van der Waals surface area contributed by atoms with Gasteiger partial charge in [0.25, 0.3) is 0 Å². The van der Waals surface area contributed by atoms with Gasteiger partial charge in [-0.05, 0) is 31.2 Å². The number of carboxylic acid groups (broad SMARTS) is 1. The molecule has 0 fully saturated rings. The molecular formula is C16H23ClN2O4. The average Bonchev–Trinajstić information content (AvgIpc) is 2.50. The maximum atomic E-state index is 12.0. The molecule has 1 atom stereocenters. The molecular weight excluding hydrogens is 320 g/mol. The predicted molar refractivity (Wildman–Crippen MR) is 90.2 cm³/mol. The summed E-state index contributed by atoms with van der Waals surface area (Å²) < 4.78 is 5.03. The Morgan fingerprint density at radius 3 is 2.65 bits per heavy atom. The molecule has 3 N–H and O–H groups in total. The van der Waals surface area contributed by atoms with Gasteiger partial charge in [0.15, 0.2) is 0 Å². The summed E-state index contributed by atoms with van der Waals surface area (Å²) in [5.74, 6) is -0.920. The van der Waals surface area contributed by atoms with E-state index in [1.54, 1.807) is 18.2 Å². The first-order chi connectivity index (χ1) is 11.0. The minimum absolute atomic E-state index is 0.148. The lowest BCUT2D eigenvalue weighted by Crippen LogP contribution is -2.40. The highest BCUT2D eigenvalue weighted by molar-refractivity contribution is 6.32. The third-order valence-electron chi connectivity index (χ3n) is 3.29. The molecule has 7 heteroatoms. The van der Waals surface area contributed by atoms with Crippen molar-refractivity contribution >= 4 is 29.2 Å². The number of carboxylic acids is 1. The minimum atomic E-state index is -1.04. The molecule has 0 aliphatic rings. The second-order valence-corrected chi connectivity index (χ2v) is 5.56. The molecule has 0 heterocycles. The lowest BCUT2D eigenvalue weighted by Gasteiger charge is -2.14. The Hall–Kier alpha value is -1.79. The van der Waals surface area contributed by atoms with Crippen LogP contribution in [0.2, 0.25) is 5.02 Å². The standard InChI is InChI=1S/C16H23ClN2O4/c1-3-4-5-8-18-13(16(21)22)10-15(20)19-11-6-7-14(23-2)12(17)9-11/h6-7,9,13,18H,3-5,8,10H2,1-2H3,(H,19,20)(H,21,22). The topological polar surface area (TPSA) is 87.7 Å². The van der Waals surface area contributed by atoms with Gasteiger partial charge in [0.05, 0.1) is 18.6 Å². The average molecular weight is 343 g/mol. The number of unbranched alkanes of at least 4 members (excludes halogenated alkanes) is 2. The number of aliphatic carboxylic acids is 1. The van der Waals surface area contributed by atoms with E-state index in [4.69, 9.17) is 16.3 Å². The van der Waals surface area contributed by atoms with Gasteiger partial charge in [-0.2, -0.15) is 0 Å². The minimum Gasteiger partial charge on any atom is -0.495 e. The molecule has 0 saturated carbocycles. The van der Waals surface area contributed by atoms with Crippen molar-refractivity contribution in [3.05, 3.63) is 23.2 Å². The summed E-state index contributed by atoms with van der Waals surface area (Å²) in [4.78, 5) is 23.2. The fraction of sp³-hybridized carbons (Fsp3) is 0.500. The van der Waals surface area contributed by atoms with Gasteiger partial charge < -0.3 is 20.5 Å². The summed E-state index contributed by atoms with van der Waals surface area (Å²) in [7, 11) is 1.50. The third-order valence-corrected chi connectivity index (χ3v) is 3.59. The molecule has 1 aromatic rings. The zero-order chi connectivity index (χ0) is 17.2. The number of hydrogen-bond donors (Lipinski definition) is 3. The number of ether oxygens (including phenoxy) is 1. The summed E-state index contributed by atoms with van der Waals surface area (Å²) in [5.41, 5.74) is 0.496. The van der Waals surface area contributed by atoms with Crippen LogP contribution in [0.25, 0.3) is 0 Å². The molecule has 0 aliphatic heterocycles. The number of halogens is 1. The number of carbonyl (C=O) groups excluding carboxylic acids is 1. The summed E-state index contributed by atoms with van der Waals surface area (Å²) >= 11 is 5.98. The lowest BCUT2D eigenvalue weighted by molar-refractivity contribution is -0.141. The van der Waals surface area contributed by atoms with E-state index in [1.165, 1.54) is 7.11 Å². The van der Waals surface area contributed by atoms with Crippen LogP contribution in [0.15, 0.2) is 18.2 Å². The monoisotopic (exact) mass is 342 g/mol. The van der Waals surface area contributed by atoms with Crippen molar-refractivity contribution in [1.29, 1.82) is 0 Å². The molecule has 6 nitrogen and oxygen atoms in total. The van der Waals surface area contributed by atoms with Gasteiger partial charge in [0.2, 0.25) is 5.91 Å². The van der Waals surface area contributed by atoms with Gasteiger partial charge in [-0.25, -0.2) is 0 Å². The number of methoxy groups -OCH3 is 1. The normalized spacial score (nSPS) is 11.8. The van der Waals surface area contributed by atoms with Crippen molar-refractivity contribution < 1.29 is 19.4 Å². The van der Waals surface area contributed by atoms with E-state index in [-0.39, 0.29) is 12.3 Å². The molecule has 0 aromatic heterocycles. The Morgan fingerprint density at radius 2 is 2.09 bits per heavy atom. The van der Waals surface area contributed by atoms with E-state index < -0.39 is 12.0 Å². The number of hydrogen-bond acceptors (Lipinski definition) is 4. The van der Waals surface area contributed by atoms with Crippen LogP contribution in [0, 0.1) is 0 Å². The molecule has 1 rings (SSSR count). The van der Waals surface area contributed by atoms with Crippen molar-refractivity contribution in [3.8, 4) is 5.75 Å². The number of amides is 1. The Kier molecular flexibility index (Phi) is 8.43. The van der Waals surface area contributed by atoms with Gasteiger partial charge in [-0.15, -0.1) is 0 Å². The smallest absolute Gasteiger partial charge is 0.321 e. The number of benzene rings is 1. The Labute approximate surface area is 141 Å². The van der Waals surface area contributed by atoms with E-state index in [0.29, 0.717) is 23.0 Å². The summed E-state index contributed by atoms with van der Waals surface area (Å²) in [6.45, 7) is 2.65. The molecule has 0 saturated heterocycles. The molecule has 1 aromatic carbocycles. The van der Waals surface area contributed by atoms with E-state index in [0.717, 1.165) is 19.3 Å². The van der Waals surface area contributed by atoms with Crippen LogP contribution in [0.5, 0.6) is 5.75 Å². The zero-order valence-corrected chi connectivity index (χ0v) is 14.2. The second-order valence-electron chi connectivity index (χ2n) is 5.15. The molecule has 0 bridgehead atoms. The highest BCUT2D eigenvalue weighted by Crippen LogP contribution is 2.27. The molecule has 1 unspecified atom stereocenters. The van der Waals surface area contributed by atoms with Crippen molar-refractivity contribution in [3.63, 3.8) is 0 Å². The van der Waals surface area contributed by atoms with Crippen LogP contribution in [0.1, 0.15) is 32.6 Å².